The van der Waals surface area contributed by atoms with Crippen molar-refractivity contribution >= 4 is 34.8 Å². The van der Waals surface area contributed by atoms with Gasteiger partial charge in [-0.05, 0) is 36.1 Å². The Bertz CT molecular complexity index is 1130. The summed E-state index contributed by atoms with van der Waals surface area (Å²) in [6, 6.07) is 18.2. The number of halogens is 1. The van der Waals surface area contributed by atoms with Crippen LogP contribution in [0.1, 0.15) is 34.0 Å². The molecule has 1 aliphatic heterocycles. The van der Waals surface area contributed by atoms with Crippen molar-refractivity contribution in [2.75, 3.05) is 48.3 Å². The fourth-order valence-corrected chi connectivity index (χ4v) is 4.87. The Hall–Kier alpha value is -3.12. The fourth-order valence-electron chi connectivity index (χ4n) is 4.69. The minimum absolute atomic E-state index is 0.113. The first-order chi connectivity index (χ1) is 15.6. The number of carbonyl (C=O) groups is 1. The van der Waals surface area contributed by atoms with Crippen LogP contribution >= 0.6 is 11.6 Å². The molecule has 7 heteroatoms. The third-order valence-corrected chi connectivity index (χ3v) is 6.60. The molecule has 2 heterocycles. The summed E-state index contributed by atoms with van der Waals surface area (Å²) in [5, 5.41) is 3.89. The summed E-state index contributed by atoms with van der Waals surface area (Å²) in [4.78, 5) is 27.2. The summed E-state index contributed by atoms with van der Waals surface area (Å²) < 4.78 is 0. The highest BCUT2D eigenvalue weighted by Crippen LogP contribution is 2.35. The van der Waals surface area contributed by atoms with E-state index >= 15 is 0 Å². The van der Waals surface area contributed by atoms with E-state index in [2.05, 4.69) is 33.3 Å². The van der Waals surface area contributed by atoms with Crippen LogP contribution in [-0.4, -0.2) is 49.0 Å². The average Bonchev–Trinajstić information content (AvgIpc) is 2.84. The third-order valence-electron chi connectivity index (χ3n) is 6.37. The molecular formula is C25H26ClN5O. The van der Waals surface area contributed by atoms with Gasteiger partial charge in [-0.1, -0.05) is 48.0 Å². The normalized spacial score (nSPS) is 18.4. The Balaban J connectivity index is 1.39. The monoisotopic (exact) mass is 447 g/mol. The summed E-state index contributed by atoms with van der Waals surface area (Å²) in [6.45, 7) is 3.34. The Labute approximate surface area is 193 Å². The second-order valence-corrected chi connectivity index (χ2v) is 8.77. The van der Waals surface area contributed by atoms with E-state index in [4.69, 9.17) is 21.6 Å². The third kappa shape index (κ3) is 4.02. The Morgan fingerprint density at radius 1 is 0.938 bits per heavy atom. The molecule has 0 radical (unpaired) electrons. The molecular weight excluding hydrogens is 422 g/mol. The zero-order chi connectivity index (χ0) is 22.1. The van der Waals surface area contributed by atoms with Crippen molar-refractivity contribution in [1.82, 2.24) is 9.97 Å². The molecule has 1 saturated heterocycles. The van der Waals surface area contributed by atoms with Gasteiger partial charge in [0, 0.05) is 50.4 Å². The highest BCUT2D eigenvalue weighted by molar-refractivity contribution is 6.30. The van der Waals surface area contributed by atoms with Crippen molar-refractivity contribution in [3.63, 3.8) is 0 Å². The molecule has 1 aliphatic carbocycles. The van der Waals surface area contributed by atoms with Crippen LogP contribution in [0.15, 0.2) is 54.6 Å². The zero-order valence-electron chi connectivity index (χ0n) is 18.1. The number of carbonyl (C=O) groups excluding carboxylic acids is 1. The number of nitrogens with one attached hydrogen (secondary N) is 1. The summed E-state index contributed by atoms with van der Waals surface area (Å²) in [7, 11) is 1.82. The molecule has 5 rings (SSSR count). The SMILES string of the molecule is CNc1nc(N2CCN(c3cccc(Cl)c3)CC2)nc2c1C(=O)CC(c1ccccc1)C2. The van der Waals surface area contributed by atoms with Crippen molar-refractivity contribution < 1.29 is 4.79 Å². The molecule has 0 bridgehead atoms. The Morgan fingerprint density at radius 2 is 1.69 bits per heavy atom. The van der Waals surface area contributed by atoms with Gasteiger partial charge in [-0.15, -0.1) is 0 Å². The number of hydrogen-bond donors (Lipinski definition) is 1. The van der Waals surface area contributed by atoms with Gasteiger partial charge in [-0.25, -0.2) is 4.98 Å². The predicted octanol–water partition coefficient (Wildman–Crippen LogP) is 4.41. The summed E-state index contributed by atoms with van der Waals surface area (Å²) >= 11 is 6.17. The lowest BCUT2D eigenvalue weighted by Crippen LogP contribution is -2.47. The lowest BCUT2D eigenvalue weighted by atomic mass is 9.82. The minimum atomic E-state index is 0.113. The lowest BCUT2D eigenvalue weighted by Gasteiger charge is -2.36. The summed E-state index contributed by atoms with van der Waals surface area (Å²) in [5.41, 5.74) is 3.83. The highest BCUT2D eigenvalue weighted by atomic mass is 35.5. The largest absolute Gasteiger partial charge is 0.372 e. The number of piperazine rings is 1. The molecule has 6 nitrogen and oxygen atoms in total. The summed E-state index contributed by atoms with van der Waals surface area (Å²) in [5.74, 6) is 1.60. The fraction of sp³-hybridized carbons (Fsp3) is 0.320. The van der Waals surface area contributed by atoms with Crippen molar-refractivity contribution in [3.8, 4) is 0 Å². The molecule has 1 unspecified atom stereocenters. The standard InChI is InChI=1S/C25H26ClN5O/c1-27-24-23-21(14-18(15-22(23)32)17-6-3-2-4-7-17)28-25(29-24)31-12-10-30(11-13-31)20-9-5-8-19(26)16-20/h2-9,16,18H,10-15H2,1H3,(H,27,28,29). The second-order valence-electron chi connectivity index (χ2n) is 8.34. The van der Waals surface area contributed by atoms with Gasteiger partial charge in [0.05, 0.1) is 11.3 Å². The topological polar surface area (TPSA) is 61.4 Å². The molecule has 1 N–H and O–H groups in total. The molecule has 2 aliphatic rings. The van der Waals surface area contributed by atoms with Gasteiger partial charge >= 0.3 is 0 Å². The van der Waals surface area contributed by atoms with E-state index in [-0.39, 0.29) is 11.7 Å². The number of fused-ring (bicyclic) bond motifs is 1. The van der Waals surface area contributed by atoms with Crippen LogP contribution in [0.3, 0.4) is 0 Å². The maximum absolute atomic E-state index is 13.0. The number of aromatic nitrogens is 2. The van der Waals surface area contributed by atoms with Crippen LogP contribution in [0.2, 0.25) is 5.02 Å². The second kappa shape index (κ2) is 8.79. The van der Waals surface area contributed by atoms with Crippen molar-refractivity contribution in [3.05, 3.63) is 76.4 Å². The van der Waals surface area contributed by atoms with Gasteiger partial charge in [0.25, 0.3) is 0 Å². The number of hydrogen-bond acceptors (Lipinski definition) is 6. The number of benzene rings is 2. The van der Waals surface area contributed by atoms with Crippen LogP contribution < -0.4 is 15.1 Å². The molecule has 1 fully saturated rings. The Morgan fingerprint density at radius 3 is 2.41 bits per heavy atom. The van der Waals surface area contributed by atoms with E-state index in [9.17, 15) is 4.79 Å². The van der Waals surface area contributed by atoms with Crippen LogP contribution in [0.5, 0.6) is 0 Å². The van der Waals surface area contributed by atoms with E-state index in [1.807, 2.05) is 43.4 Å². The first-order valence-electron chi connectivity index (χ1n) is 11.0. The van der Waals surface area contributed by atoms with E-state index in [0.29, 0.717) is 23.8 Å². The molecule has 1 atom stereocenters. The van der Waals surface area contributed by atoms with Gasteiger partial charge in [-0.2, -0.15) is 4.98 Å². The van der Waals surface area contributed by atoms with Crippen LogP contribution in [-0.2, 0) is 6.42 Å². The van der Waals surface area contributed by atoms with E-state index in [0.717, 1.165) is 49.0 Å². The minimum Gasteiger partial charge on any atom is -0.372 e. The van der Waals surface area contributed by atoms with Crippen molar-refractivity contribution in [2.24, 2.45) is 0 Å². The van der Waals surface area contributed by atoms with Crippen molar-refractivity contribution in [2.45, 2.75) is 18.8 Å². The number of Topliss-reactive ketones (excluding diaryl/α,β-unsaturated/α-hetero) is 1. The molecule has 0 spiro atoms. The molecule has 164 valence electrons. The number of nitrogens with zero attached hydrogens (tertiary/aromatic N) is 4. The van der Waals surface area contributed by atoms with Gasteiger partial charge < -0.3 is 15.1 Å². The number of ketones is 1. The zero-order valence-corrected chi connectivity index (χ0v) is 18.8. The molecule has 32 heavy (non-hydrogen) atoms. The maximum Gasteiger partial charge on any atom is 0.227 e. The van der Waals surface area contributed by atoms with E-state index in [1.165, 1.54) is 5.56 Å². The molecule has 2 aromatic carbocycles. The van der Waals surface area contributed by atoms with Crippen LogP contribution in [0, 0.1) is 0 Å². The van der Waals surface area contributed by atoms with E-state index in [1.54, 1.807) is 0 Å². The van der Waals surface area contributed by atoms with Gasteiger partial charge in [0.15, 0.2) is 5.78 Å². The Kier molecular flexibility index (Phi) is 5.70. The molecule has 3 aromatic rings. The predicted molar refractivity (Wildman–Crippen MR) is 129 cm³/mol. The van der Waals surface area contributed by atoms with Gasteiger partial charge in [-0.3, -0.25) is 4.79 Å². The first-order valence-corrected chi connectivity index (χ1v) is 11.4. The highest BCUT2D eigenvalue weighted by Gasteiger charge is 2.32. The first kappa shape index (κ1) is 20.8. The lowest BCUT2D eigenvalue weighted by molar-refractivity contribution is 0.0963. The number of rotatable bonds is 4. The molecule has 0 saturated carbocycles. The van der Waals surface area contributed by atoms with Gasteiger partial charge in [0.2, 0.25) is 5.95 Å². The van der Waals surface area contributed by atoms with Crippen molar-refractivity contribution in [1.29, 1.82) is 0 Å². The maximum atomic E-state index is 13.0. The van der Waals surface area contributed by atoms with Crippen LogP contribution in [0.4, 0.5) is 17.5 Å². The van der Waals surface area contributed by atoms with Gasteiger partial charge in [0.1, 0.15) is 5.82 Å². The average molecular weight is 448 g/mol. The number of anilines is 3. The molecule has 1 aromatic heterocycles. The van der Waals surface area contributed by atoms with Crippen LogP contribution in [0.25, 0.3) is 0 Å². The molecule has 0 amide bonds. The summed E-state index contributed by atoms with van der Waals surface area (Å²) in [6.07, 6.45) is 1.24. The quantitative estimate of drug-likeness (QED) is 0.639. The smallest absolute Gasteiger partial charge is 0.227 e. The van der Waals surface area contributed by atoms with E-state index < -0.39 is 0 Å².